The highest BCUT2D eigenvalue weighted by Gasteiger charge is 2.20. The Morgan fingerprint density at radius 1 is 1.15 bits per heavy atom. The fraction of sp³-hybridized carbons (Fsp3) is 0.562. The van der Waals surface area contributed by atoms with Crippen LogP contribution < -0.4 is 16.0 Å². The van der Waals surface area contributed by atoms with Gasteiger partial charge >= 0.3 is 0 Å². The van der Waals surface area contributed by atoms with Crippen LogP contribution in [0.2, 0.25) is 0 Å². The van der Waals surface area contributed by atoms with E-state index in [1.165, 1.54) is 23.2 Å². The van der Waals surface area contributed by atoms with Crippen molar-refractivity contribution in [1.82, 2.24) is 10.6 Å². The third-order valence-electron chi connectivity index (χ3n) is 4.24. The van der Waals surface area contributed by atoms with Crippen molar-refractivity contribution in [2.45, 2.75) is 44.7 Å². The third kappa shape index (κ3) is 2.96. The monoisotopic (exact) mass is 273 g/mol. The minimum Gasteiger partial charge on any atom is -0.385 e. The average Bonchev–Trinajstić information content (AvgIpc) is 2.69. The molecule has 1 saturated heterocycles. The van der Waals surface area contributed by atoms with Gasteiger partial charge in [0, 0.05) is 25.3 Å². The van der Waals surface area contributed by atoms with Crippen LogP contribution >= 0.6 is 0 Å². The summed E-state index contributed by atoms with van der Waals surface area (Å²) >= 11 is 0. The van der Waals surface area contributed by atoms with Gasteiger partial charge in [0.1, 0.15) is 0 Å². The first-order chi connectivity index (χ1) is 9.84. The molecule has 0 saturated carbocycles. The van der Waals surface area contributed by atoms with E-state index in [1.54, 1.807) is 0 Å². The van der Waals surface area contributed by atoms with Crippen LogP contribution in [0.1, 0.15) is 36.8 Å². The number of carbonyl (C=O) groups is 1. The van der Waals surface area contributed by atoms with Gasteiger partial charge in [-0.2, -0.15) is 0 Å². The summed E-state index contributed by atoms with van der Waals surface area (Å²) in [5, 5.41) is 9.90. The first-order valence-corrected chi connectivity index (χ1v) is 7.70. The molecule has 1 aromatic carbocycles. The lowest BCUT2D eigenvalue weighted by Gasteiger charge is -2.22. The second-order valence-electron chi connectivity index (χ2n) is 5.70. The largest absolute Gasteiger partial charge is 0.385 e. The summed E-state index contributed by atoms with van der Waals surface area (Å²) in [5.74, 6) is 0.153. The molecule has 20 heavy (non-hydrogen) atoms. The van der Waals surface area contributed by atoms with Crippen LogP contribution in [0, 0.1) is 0 Å². The molecule has 0 bridgehead atoms. The number of amides is 1. The molecule has 1 unspecified atom stereocenters. The second kappa shape index (κ2) is 6.27. The maximum Gasteiger partial charge on any atom is 0.237 e. The Bertz CT molecular complexity index is 487. The zero-order valence-electron chi connectivity index (χ0n) is 11.9. The number of benzene rings is 1. The number of carbonyl (C=O) groups excluding carboxylic acids is 1. The number of anilines is 1. The Kier molecular flexibility index (Phi) is 4.21. The predicted molar refractivity (Wildman–Crippen MR) is 80.7 cm³/mol. The average molecular weight is 273 g/mol. The highest BCUT2D eigenvalue weighted by atomic mass is 16.2. The first-order valence-electron chi connectivity index (χ1n) is 7.70. The lowest BCUT2D eigenvalue weighted by Crippen LogP contribution is -2.42. The Morgan fingerprint density at radius 3 is 3.00 bits per heavy atom. The van der Waals surface area contributed by atoms with Gasteiger partial charge in [-0.1, -0.05) is 18.2 Å². The highest BCUT2D eigenvalue weighted by molar-refractivity contribution is 5.81. The van der Waals surface area contributed by atoms with Gasteiger partial charge in [-0.05, 0) is 43.2 Å². The molecule has 3 N–H and O–H groups in total. The van der Waals surface area contributed by atoms with Crippen molar-refractivity contribution in [1.29, 1.82) is 0 Å². The number of aryl methyl sites for hydroxylation is 1. The Balaban J connectivity index is 1.67. The third-order valence-corrected chi connectivity index (χ3v) is 4.24. The molecule has 2 aliphatic rings. The smallest absolute Gasteiger partial charge is 0.237 e. The van der Waals surface area contributed by atoms with Gasteiger partial charge in [0.2, 0.25) is 5.91 Å². The van der Waals surface area contributed by atoms with Crippen molar-refractivity contribution in [2.75, 3.05) is 18.4 Å². The maximum atomic E-state index is 11.9. The molecule has 2 aliphatic heterocycles. The van der Waals surface area contributed by atoms with Crippen LogP contribution in [0.5, 0.6) is 0 Å². The molecule has 1 atom stereocenters. The van der Waals surface area contributed by atoms with E-state index >= 15 is 0 Å². The summed E-state index contributed by atoms with van der Waals surface area (Å²) in [6.07, 6.45) is 5.50. The van der Waals surface area contributed by atoms with Crippen molar-refractivity contribution in [3.05, 3.63) is 29.3 Å². The van der Waals surface area contributed by atoms with E-state index in [1.807, 2.05) is 0 Å². The van der Waals surface area contributed by atoms with Crippen LogP contribution in [0.15, 0.2) is 18.2 Å². The maximum absolute atomic E-state index is 11.9. The molecule has 108 valence electrons. The van der Waals surface area contributed by atoms with E-state index in [0.717, 1.165) is 45.3 Å². The van der Waals surface area contributed by atoms with Gasteiger partial charge in [-0.25, -0.2) is 0 Å². The fourth-order valence-corrected chi connectivity index (χ4v) is 3.10. The van der Waals surface area contributed by atoms with Crippen LogP contribution in [0.3, 0.4) is 0 Å². The van der Waals surface area contributed by atoms with Crippen LogP contribution in [0.25, 0.3) is 0 Å². The minimum atomic E-state index is -0.0445. The minimum absolute atomic E-state index is 0.0445. The number of hydrogen-bond donors (Lipinski definition) is 3. The number of nitrogens with one attached hydrogen (secondary N) is 3. The van der Waals surface area contributed by atoms with Crippen LogP contribution in [0.4, 0.5) is 5.69 Å². The zero-order chi connectivity index (χ0) is 13.8. The Morgan fingerprint density at radius 2 is 2.05 bits per heavy atom. The molecule has 3 rings (SSSR count). The molecule has 1 fully saturated rings. The summed E-state index contributed by atoms with van der Waals surface area (Å²) in [7, 11) is 0. The Labute approximate surface area is 120 Å². The zero-order valence-corrected chi connectivity index (χ0v) is 11.9. The summed E-state index contributed by atoms with van der Waals surface area (Å²) in [6, 6.07) is 6.43. The van der Waals surface area contributed by atoms with Gasteiger partial charge in [0.25, 0.3) is 0 Å². The van der Waals surface area contributed by atoms with Crippen LogP contribution in [-0.2, 0) is 17.8 Å². The summed E-state index contributed by atoms with van der Waals surface area (Å²) in [5.41, 5.74) is 3.96. The number of hydrogen-bond acceptors (Lipinski definition) is 3. The number of para-hydroxylation sites is 1. The molecule has 0 aliphatic carbocycles. The van der Waals surface area contributed by atoms with Crippen LogP contribution in [-0.4, -0.2) is 25.0 Å². The molecule has 0 spiro atoms. The van der Waals surface area contributed by atoms with E-state index in [2.05, 4.69) is 34.1 Å². The summed E-state index contributed by atoms with van der Waals surface area (Å²) < 4.78 is 0. The van der Waals surface area contributed by atoms with Crippen molar-refractivity contribution in [3.63, 3.8) is 0 Å². The van der Waals surface area contributed by atoms with Gasteiger partial charge in [-0.3, -0.25) is 4.79 Å². The molecule has 0 aromatic heterocycles. The normalized spacial score (nSPS) is 22.4. The lowest BCUT2D eigenvalue weighted by atomic mass is 9.99. The van der Waals surface area contributed by atoms with Crippen molar-refractivity contribution >= 4 is 11.6 Å². The topological polar surface area (TPSA) is 53.2 Å². The molecule has 4 nitrogen and oxygen atoms in total. The first kappa shape index (κ1) is 13.4. The molecule has 1 amide bonds. The molecule has 4 heteroatoms. The molecular formula is C16H23N3O. The van der Waals surface area contributed by atoms with Crippen molar-refractivity contribution in [3.8, 4) is 0 Å². The van der Waals surface area contributed by atoms with E-state index in [-0.39, 0.29) is 11.9 Å². The molecule has 1 aromatic rings. The Hall–Kier alpha value is -1.55. The van der Waals surface area contributed by atoms with E-state index in [4.69, 9.17) is 0 Å². The van der Waals surface area contributed by atoms with Gasteiger partial charge in [0.15, 0.2) is 0 Å². The van der Waals surface area contributed by atoms with E-state index < -0.39 is 0 Å². The van der Waals surface area contributed by atoms with Gasteiger partial charge in [0.05, 0.1) is 6.04 Å². The predicted octanol–water partition coefficient (Wildman–Crippen LogP) is 1.80. The summed E-state index contributed by atoms with van der Waals surface area (Å²) in [6.45, 7) is 2.63. The van der Waals surface area contributed by atoms with Gasteiger partial charge < -0.3 is 16.0 Å². The lowest BCUT2D eigenvalue weighted by molar-refractivity contribution is -0.122. The molecule has 0 radical (unpaired) electrons. The number of rotatable bonds is 3. The second-order valence-corrected chi connectivity index (χ2v) is 5.70. The van der Waals surface area contributed by atoms with Crippen molar-refractivity contribution < 1.29 is 4.79 Å². The van der Waals surface area contributed by atoms with E-state index in [9.17, 15) is 4.79 Å². The fourth-order valence-electron chi connectivity index (χ4n) is 3.10. The standard InChI is InChI=1S/C16H23N3O/c20-16-14(8-1-2-9-18-16)19-11-13-6-3-5-12-7-4-10-17-15(12)13/h3,5-6,14,17,19H,1-2,4,7-11H2,(H,18,20). The summed E-state index contributed by atoms with van der Waals surface area (Å²) in [4.78, 5) is 11.9. The SMILES string of the molecule is O=C1NCCCCC1NCc1cccc2c1NCCC2. The van der Waals surface area contributed by atoms with Gasteiger partial charge in [-0.15, -0.1) is 0 Å². The van der Waals surface area contributed by atoms with E-state index in [0.29, 0.717) is 0 Å². The highest BCUT2D eigenvalue weighted by Crippen LogP contribution is 2.26. The quantitative estimate of drug-likeness (QED) is 0.787. The molecule has 2 heterocycles. The number of fused-ring (bicyclic) bond motifs is 1. The molecular weight excluding hydrogens is 250 g/mol. The van der Waals surface area contributed by atoms with Crippen molar-refractivity contribution in [2.24, 2.45) is 0 Å².